The second-order valence-electron chi connectivity index (χ2n) is 4.04. The minimum Gasteiger partial charge on any atom is -0.334 e. The van der Waals surface area contributed by atoms with Crippen molar-refractivity contribution < 1.29 is 4.52 Å². The highest BCUT2D eigenvalue weighted by Gasteiger charge is 2.12. The number of benzene rings is 1. The van der Waals surface area contributed by atoms with Crippen LogP contribution in [0.1, 0.15) is 11.5 Å². The minimum absolute atomic E-state index is 0.395. The summed E-state index contributed by atoms with van der Waals surface area (Å²) in [6, 6.07) is 7.32. The molecule has 1 aromatic carbocycles. The van der Waals surface area contributed by atoms with Gasteiger partial charge in [0.25, 0.3) is 5.89 Å². The molecule has 0 atom stereocenters. The van der Waals surface area contributed by atoms with Crippen LogP contribution in [0.25, 0.3) is 11.5 Å². The molecule has 2 aromatic heterocycles. The Morgan fingerprint density at radius 3 is 2.90 bits per heavy atom. The van der Waals surface area contributed by atoms with Gasteiger partial charge in [-0.1, -0.05) is 50.0 Å². The molecule has 0 spiro atoms. The van der Waals surface area contributed by atoms with Gasteiger partial charge in [-0.3, -0.25) is 0 Å². The summed E-state index contributed by atoms with van der Waals surface area (Å²) >= 11 is 9.41. The summed E-state index contributed by atoms with van der Waals surface area (Å²) in [6.45, 7) is 0.397. The molecule has 0 saturated heterocycles. The average Bonchev–Trinajstić information content (AvgIpc) is 3.09. The largest absolute Gasteiger partial charge is 0.334 e. The van der Waals surface area contributed by atoms with E-state index < -0.39 is 0 Å². The zero-order valence-electron chi connectivity index (χ0n) is 10.2. The van der Waals surface area contributed by atoms with E-state index in [1.165, 1.54) is 0 Å². The normalized spacial score (nSPS) is 10.9. The van der Waals surface area contributed by atoms with E-state index in [2.05, 4.69) is 36.4 Å². The van der Waals surface area contributed by atoms with E-state index in [1.54, 1.807) is 10.7 Å². The van der Waals surface area contributed by atoms with Crippen molar-refractivity contribution in [3.8, 4) is 11.5 Å². The number of halogens is 2. The third-order valence-corrected chi connectivity index (χ3v) is 3.50. The van der Waals surface area contributed by atoms with E-state index in [0.717, 1.165) is 5.69 Å². The lowest BCUT2D eigenvalue weighted by Crippen LogP contribution is -2.02. The van der Waals surface area contributed by atoms with Gasteiger partial charge in [0, 0.05) is 11.5 Å². The Balaban J connectivity index is 1.82. The summed E-state index contributed by atoms with van der Waals surface area (Å²) in [5, 5.41) is 13.1. The molecule has 102 valence electrons. The summed E-state index contributed by atoms with van der Waals surface area (Å²) < 4.78 is 6.87. The van der Waals surface area contributed by atoms with E-state index >= 15 is 0 Å². The van der Waals surface area contributed by atoms with Crippen LogP contribution in [0.3, 0.4) is 0 Å². The predicted octanol–water partition coefficient (Wildman–Crippen LogP) is 2.92. The van der Waals surface area contributed by atoms with Crippen LogP contribution >= 0.6 is 27.5 Å². The van der Waals surface area contributed by atoms with E-state index in [4.69, 9.17) is 16.1 Å². The lowest BCUT2D eigenvalue weighted by atomic mass is 10.2. The molecule has 0 amide bonds. The summed E-state index contributed by atoms with van der Waals surface area (Å²) in [4.78, 5) is 4.31. The van der Waals surface area contributed by atoms with Gasteiger partial charge in [-0.05, 0) is 12.1 Å². The van der Waals surface area contributed by atoms with E-state index in [9.17, 15) is 0 Å². The number of hydrogen-bond donors (Lipinski definition) is 0. The lowest BCUT2D eigenvalue weighted by Gasteiger charge is -1.96. The highest BCUT2D eigenvalue weighted by Crippen LogP contribution is 2.25. The second kappa shape index (κ2) is 5.72. The Kier molecular flexibility index (Phi) is 3.79. The first-order valence-electron chi connectivity index (χ1n) is 5.78. The lowest BCUT2D eigenvalue weighted by molar-refractivity contribution is 0.418. The van der Waals surface area contributed by atoms with E-state index in [1.807, 2.05) is 24.4 Å². The minimum atomic E-state index is 0.395. The molecule has 2 heterocycles. The van der Waals surface area contributed by atoms with Gasteiger partial charge < -0.3 is 4.52 Å². The number of alkyl halides is 1. The topological polar surface area (TPSA) is 69.6 Å². The van der Waals surface area contributed by atoms with Crippen molar-refractivity contribution in [3.05, 3.63) is 47.0 Å². The van der Waals surface area contributed by atoms with Crippen molar-refractivity contribution >= 4 is 27.5 Å². The Hall–Kier alpha value is -1.73. The molecule has 3 aromatic rings. The quantitative estimate of drug-likeness (QED) is 0.674. The molecule has 20 heavy (non-hydrogen) atoms. The van der Waals surface area contributed by atoms with Gasteiger partial charge >= 0.3 is 0 Å². The Morgan fingerprint density at radius 2 is 2.15 bits per heavy atom. The zero-order valence-corrected chi connectivity index (χ0v) is 12.5. The zero-order chi connectivity index (χ0) is 13.9. The molecule has 0 bridgehead atoms. The third-order valence-electron chi connectivity index (χ3n) is 2.60. The third kappa shape index (κ3) is 2.73. The van der Waals surface area contributed by atoms with Gasteiger partial charge in [0.2, 0.25) is 0 Å². The van der Waals surface area contributed by atoms with Crippen LogP contribution < -0.4 is 0 Å². The number of rotatable bonds is 4. The summed E-state index contributed by atoms with van der Waals surface area (Å²) in [7, 11) is 0. The summed E-state index contributed by atoms with van der Waals surface area (Å²) in [5.41, 5.74) is 1.56. The smallest absolute Gasteiger partial charge is 0.259 e. The van der Waals surface area contributed by atoms with Crippen LogP contribution in [-0.4, -0.2) is 25.1 Å². The molecule has 6 nitrogen and oxygen atoms in total. The molecule has 0 aliphatic rings. The molecular weight excluding hydrogens is 346 g/mol. The molecule has 0 aliphatic heterocycles. The van der Waals surface area contributed by atoms with Crippen LogP contribution in [0.2, 0.25) is 5.02 Å². The van der Waals surface area contributed by atoms with Gasteiger partial charge in [-0.25, -0.2) is 4.68 Å². The summed E-state index contributed by atoms with van der Waals surface area (Å²) in [6.07, 6.45) is 1.82. The number of aromatic nitrogens is 5. The van der Waals surface area contributed by atoms with Crippen LogP contribution in [0.4, 0.5) is 0 Å². The fraction of sp³-hybridized carbons (Fsp3) is 0.167. The molecule has 0 saturated carbocycles. The Labute approximate surface area is 127 Å². The van der Waals surface area contributed by atoms with Crippen LogP contribution in [0, 0.1) is 0 Å². The standard InChI is InChI=1S/C12H9BrClN5O/c13-5-8-6-19(18-16-8)7-11-15-12(20-17-11)9-3-1-2-4-10(9)14/h1-4,6H,5,7H2. The van der Waals surface area contributed by atoms with Crippen LogP contribution in [0.5, 0.6) is 0 Å². The Morgan fingerprint density at radius 1 is 1.30 bits per heavy atom. The second-order valence-corrected chi connectivity index (χ2v) is 5.00. The highest BCUT2D eigenvalue weighted by molar-refractivity contribution is 9.08. The average molecular weight is 355 g/mol. The van der Waals surface area contributed by atoms with Crippen molar-refractivity contribution in [2.75, 3.05) is 0 Å². The van der Waals surface area contributed by atoms with Crippen molar-refractivity contribution in [3.63, 3.8) is 0 Å². The fourth-order valence-corrected chi connectivity index (χ4v) is 2.16. The van der Waals surface area contributed by atoms with Gasteiger partial charge in [-0.2, -0.15) is 4.98 Å². The molecule has 0 radical (unpaired) electrons. The highest BCUT2D eigenvalue weighted by atomic mass is 79.9. The van der Waals surface area contributed by atoms with Gasteiger partial charge in [0.1, 0.15) is 6.54 Å². The van der Waals surface area contributed by atoms with Gasteiger partial charge in [0.05, 0.1) is 16.3 Å². The van der Waals surface area contributed by atoms with Crippen molar-refractivity contribution in [1.82, 2.24) is 25.1 Å². The number of hydrogen-bond acceptors (Lipinski definition) is 5. The first kappa shape index (κ1) is 13.3. The molecular formula is C12H9BrClN5O. The van der Waals surface area contributed by atoms with E-state index in [0.29, 0.717) is 34.2 Å². The number of nitrogens with zero attached hydrogens (tertiary/aromatic N) is 5. The van der Waals surface area contributed by atoms with Gasteiger partial charge in [-0.15, -0.1) is 5.10 Å². The molecule has 0 N–H and O–H groups in total. The summed E-state index contributed by atoms with van der Waals surface area (Å²) in [5.74, 6) is 0.914. The van der Waals surface area contributed by atoms with Crippen LogP contribution in [-0.2, 0) is 11.9 Å². The molecule has 3 rings (SSSR count). The maximum Gasteiger partial charge on any atom is 0.259 e. The van der Waals surface area contributed by atoms with Crippen LogP contribution in [0.15, 0.2) is 35.0 Å². The van der Waals surface area contributed by atoms with E-state index in [-0.39, 0.29) is 0 Å². The maximum atomic E-state index is 6.09. The van der Waals surface area contributed by atoms with Crippen molar-refractivity contribution in [2.24, 2.45) is 0 Å². The SMILES string of the molecule is Clc1ccccc1-c1nc(Cn2cc(CBr)nn2)no1. The fourth-order valence-electron chi connectivity index (χ4n) is 1.68. The van der Waals surface area contributed by atoms with Crippen molar-refractivity contribution in [1.29, 1.82) is 0 Å². The maximum absolute atomic E-state index is 6.09. The Bertz CT molecular complexity index is 726. The molecule has 0 aliphatic carbocycles. The first-order valence-corrected chi connectivity index (χ1v) is 7.28. The van der Waals surface area contributed by atoms with Crippen molar-refractivity contribution in [2.45, 2.75) is 11.9 Å². The molecule has 0 unspecified atom stereocenters. The van der Waals surface area contributed by atoms with Gasteiger partial charge in [0.15, 0.2) is 5.82 Å². The predicted molar refractivity (Wildman–Crippen MR) is 76.5 cm³/mol. The first-order chi connectivity index (χ1) is 9.76. The molecule has 0 fully saturated rings. The monoisotopic (exact) mass is 353 g/mol. The molecule has 8 heteroatoms.